The monoisotopic (exact) mass is 258 g/mol. The molecular weight excluding hydrogens is 240 g/mol. The summed E-state index contributed by atoms with van der Waals surface area (Å²) in [6, 6.07) is 0. The van der Waals surface area contributed by atoms with Crippen molar-refractivity contribution in [2.75, 3.05) is 0 Å². The molecule has 0 fully saturated rings. The van der Waals surface area contributed by atoms with E-state index in [0.717, 1.165) is 10.5 Å². The van der Waals surface area contributed by atoms with Crippen LogP contribution in [0.25, 0.3) is 0 Å². The van der Waals surface area contributed by atoms with Crippen LogP contribution in [-0.4, -0.2) is 11.4 Å². The minimum absolute atomic E-state index is 1.12. The first kappa shape index (κ1) is 12.1. The topological polar surface area (TPSA) is 0 Å². The van der Waals surface area contributed by atoms with E-state index < -0.39 is 11.4 Å². The van der Waals surface area contributed by atoms with E-state index in [1.165, 1.54) is 25.7 Å². The van der Waals surface area contributed by atoms with Crippen molar-refractivity contribution < 1.29 is 0 Å². The van der Waals surface area contributed by atoms with Gasteiger partial charge in [-0.3, -0.25) is 0 Å². The van der Waals surface area contributed by atoms with Gasteiger partial charge >= 0.3 is 81.5 Å². The standard InChI is InChI=1S/C8H18Cl2Ge/c1-3-5-7-11(9,10)8-6-4-2/h3-8H2,1-2H3. The fourth-order valence-corrected chi connectivity index (χ4v) is 7.95. The molecule has 0 unspecified atom stereocenters. The Hall–Kier alpha value is 1.12. The Kier molecular flexibility index (Phi) is 7.29. The molecule has 0 aromatic heterocycles. The summed E-state index contributed by atoms with van der Waals surface area (Å²) in [5.74, 6) is 0. The van der Waals surface area contributed by atoms with Crippen LogP contribution in [0.3, 0.4) is 0 Å². The first-order chi connectivity index (χ1) is 5.12. The minimum atomic E-state index is -2.27. The van der Waals surface area contributed by atoms with Gasteiger partial charge in [-0.15, -0.1) is 0 Å². The molecule has 0 amide bonds. The fraction of sp³-hybridized carbons (Fsp3) is 1.00. The predicted octanol–water partition coefficient (Wildman–Crippen LogP) is 4.51. The van der Waals surface area contributed by atoms with Gasteiger partial charge in [0.1, 0.15) is 0 Å². The Morgan fingerprint density at radius 1 is 0.909 bits per heavy atom. The Bertz CT molecular complexity index is 84.1. The number of rotatable bonds is 6. The van der Waals surface area contributed by atoms with Crippen LogP contribution in [0, 0.1) is 0 Å². The van der Waals surface area contributed by atoms with Gasteiger partial charge < -0.3 is 0 Å². The number of hydrogen-bond donors (Lipinski definition) is 0. The average molecular weight is 258 g/mol. The van der Waals surface area contributed by atoms with Crippen molar-refractivity contribution in [3.8, 4) is 0 Å². The SMILES string of the molecule is CCC[CH2][Ge]([Cl])([Cl])[CH2]CCC. The fourth-order valence-electron chi connectivity index (χ4n) is 0.996. The molecule has 0 saturated carbocycles. The zero-order chi connectivity index (χ0) is 8.74. The molecule has 68 valence electrons. The Labute approximate surface area is 81.4 Å². The van der Waals surface area contributed by atoms with E-state index >= 15 is 0 Å². The molecular formula is C8H18Cl2Ge. The quantitative estimate of drug-likeness (QED) is 0.615. The summed E-state index contributed by atoms with van der Waals surface area (Å²) in [5, 5.41) is 2.25. The van der Waals surface area contributed by atoms with Gasteiger partial charge in [-0.25, -0.2) is 0 Å². The zero-order valence-electron chi connectivity index (χ0n) is 7.50. The summed E-state index contributed by atoms with van der Waals surface area (Å²) in [5.41, 5.74) is 0. The molecule has 0 bridgehead atoms. The second-order valence-corrected chi connectivity index (χ2v) is 17.3. The third kappa shape index (κ3) is 7.48. The molecule has 0 aromatic rings. The van der Waals surface area contributed by atoms with Crippen LogP contribution in [0.4, 0.5) is 0 Å². The van der Waals surface area contributed by atoms with Gasteiger partial charge in [-0.05, 0) is 0 Å². The molecule has 0 rings (SSSR count). The molecule has 0 aromatic carbocycles. The van der Waals surface area contributed by atoms with Crippen LogP contribution in [0.5, 0.6) is 0 Å². The van der Waals surface area contributed by atoms with E-state index in [1.54, 1.807) is 0 Å². The number of hydrogen-bond acceptors (Lipinski definition) is 0. The number of halogens is 2. The average Bonchev–Trinajstić information content (AvgIpc) is 1.97. The van der Waals surface area contributed by atoms with Gasteiger partial charge in [-0.1, -0.05) is 0 Å². The van der Waals surface area contributed by atoms with Crippen LogP contribution >= 0.6 is 20.0 Å². The second-order valence-electron chi connectivity index (χ2n) is 3.06. The summed E-state index contributed by atoms with van der Waals surface area (Å²) >= 11 is -2.27. The third-order valence-corrected chi connectivity index (χ3v) is 10.3. The van der Waals surface area contributed by atoms with Crippen molar-refractivity contribution in [3.05, 3.63) is 0 Å². The molecule has 0 aliphatic heterocycles. The van der Waals surface area contributed by atoms with Gasteiger partial charge in [0.15, 0.2) is 0 Å². The second kappa shape index (κ2) is 6.62. The Morgan fingerprint density at radius 3 is 1.55 bits per heavy atom. The van der Waals surface area contributed by atoms with Crippen molar-refractivity contribution in [2.45, 2.75) is 50.0 Å². The van der Waals surface area contributed by atoms with Gasteiger partial charge in [-0.2, -0.15) is 0 Å². The Morgan fingerprint density at radius 2 is 1.27 bits per heavy atom. The molecule has 0 N–H and O–H groups in total. The molecule has 3 heteroatoms. The van der Waals surface area contributed by atoms with E-state index in [4.69, 9.17) is 20.0 Å². The Balaban J connectivity index is 3.43. The molecule has 0 aliphatic rings. The normalized spacial score (nSPS) is 12.0. The van der Waals surface area contributed by atoms with E-state index in [9.17, 15) is 0 Å². The van der Waals surface area contributed by atoms with E-state index in [1.807, 2.05) is 0 Å². The van der Waals surface area contributed by atoms with Gasteiger partial charge in [0, 0.05) is 0 Å². The maximum atomic E-state index is 6.25. The van der Waals surface area contributed by atoms with Crippen LogP contribution in [0.1, 0.15) is 39.5 Å². The zero-order valence-corrected chi connectivity index (χ0v) is 11.1. The first-order valence-corrected chi connectivity index (χ1v) is 13.0. The molecule has 0 radical (unpaired) electrons. The first-order valence-electron chi connectivity index (χ1n) is 4.50. The molecule has 0 aliphatic carbocycles. The van der Waals surface area contributed by atoms with Crippen LogP contribution < -0.4 is 0 Å². The van der Waals surface area contributed by atoms with Crippen LogP contribution in [0.2, 0.25) is 10.5 Å². The number of unbranched alkanes of at least 4 members (excludes halogenated alkanes) is 2. The van der Waals surface area contributed by atoms with Crippen LogP contribution in [-0.2, 0) is 0 Å². The third-order valence-electron chi connectivity index (χ3n) is 1.79. The van der Waals surface area contributed by atoms with Gasteiger partial charge in [0.05, 0.1) is 0 Å². The summed E-state index contributed by atoms with van der Waals surface area (Å²) < 4.78 is 0. The van der Waals surface area contributed by atoms with Crippen molar-refractivity contribution in [1.29, 1.82) is 0 Å². The molecule has 0 saturated heterocycles. The van der Waals surface area contributed by atoms with Crippen LogP contribution in [0.15, 0.2) is 0 Å². The van der Waals surface area contributed by atoms with E-state index in [2.05, 4.69) is 13.8 Å². The van der Waals surface area contributed by atoms with Crippen molar-refractivity contribution in [2.24, 2.45) is 0 Å². The molecule has 11 heavy (non-hydrogen) atoms. The summed E-state index contributed by atoms with van der Waals surface area (Å²) in [6.45, 7) is 4.37. The van der Waals surface area contributed by atoms with E-state index in [-0.39, 0.29) is 0 Å². The molecule has 0 spiro atoms. The van der Waals surface area contributed by atoms with Gasteiger partial charge in [0.25, 0.3) is 0 Å². The molecule has 0 nitrogen and oxygen atoms in total. The van der Waals surface area contributed by atoms with Crippen molar-refractivity contribution in [1.82, 2.24) is 0 Å². The summed E-state index contributed by atoms with van der Waals surface area (Å²) in [4.78, 5) is 0. The maximum absolute atomic E-state index is 6.25. The molecule has 0 heterocycles. The predicted molar refractivity (Wildman–Crippen MR) is 56.9 cm³/mol. The van der Waals surface area contributed by atoms with E-state index in [0.29, 0.717) is 0 Å². The van der Waals surface area contributed by atoms with Crippen molar-refractivity contribution in [3.63, 3.8) is 0 Å². The summed E-state index contributed by atoms with van der Waals surface area (Å²) in [7, 11) is 12.5. The van der Waals surface area contributed by atoms with Gasteiger partial charge in [0.2, 0.25) is 0 Å². The molecule has 0 atom stereocenters. The summed E-state index contributed by atoms with van der Waals surface area (Å²) in [6.07, 6.45) is 4.88. The van der Waals surface area contributed by atoms with Crippen molar-refractivity contribution >= 4 is 31.4 Å².